The van der Waals surface area contributed by atoms with E-state index in [1.54, 1.807) is 13.0 Å². The van der Waals surface area contributed by atoms with Gasteiger partial charge >= 0.3 is 0 Å². The number of fused-ring (bicyclic) bond motifs is 2. The van der Waals surface area contributed by atoms with Gasteiger partial charge in [0.25, 0.3) is 10.0 Å². The van der Waals surface area contributed by atoms with Gasteiger partial charge in [0.05, 0.1) is 4.90 Å². The van der Waals surface area contributed by atoms with E-state index >= 15 is 0 Å². The molecule has 0 spiro atoms. The Balaban J connectivity index is 2.07. The third-order valence-corrected chi connectivity index (χ3v) is 5.87. The number of aliphatic hydroxyl groups excluding tert-OH is 2. The molecule has 0 aromatic heterocycles. The fourth-order valence-corrected chi connectivity index (χ4v) is 4.53. The Kier molecular flexibility index (Phi) is 3.27. The van der Waals surface area contributed by atoms with Gasteiger partial charge in [-0.3, -0.25) is 0 Å². The smallest absolute Gasteiger partial charge is 0.265 e. The Morgan fingerprint density at radius 3 is 2.40 bits per heavy atom. The van der Waals surface area contributed by atoms with Crippen molar-refractivity contribution in [1.82, 2.24) is 4.72 Å². The van der Waals surface area contributed by atoms with Crippen molar-refractivity contribution in [2.24, 2.45) is 0 Å². The molecule has 0 amide bonds. The van der Waals surface area contributed by atoms with E-state index in [-0.39, 0.29) is 10.5 Å². The molecule has 3 N–H and O–H groups in total. The van der Waals surface area contributed by atoms with Crippen LogP contribution in [0.25, 0.3) is 27.7 Å². The molecular weight excluding hydrogens is 338 g/mol. The number of hydrogen-bond donors (Lipinski definition) is 3. The molecule has 1 heterocycles. The van der Waals surface area contributed by atoms with Gasteiger partial charge in [-0.15, -0.1) is 0 Å². The van der Waals surface area contributed by atoms with Gasteiger partial charge in [0.2, 0.25) is 5.88 Å². The highest BCUT2D eigenvalue weighted by atomic mass is 32.2. The molecule has 3 aromatic rings. The Bertz CT molecular complexity index is 1160. The van der Waals surface area contributed by atoms with Crippen molar-refractivity contribution in [3.63, 3.8) is 0 Å². The standard InChI is InChI=1S/C19H15NO4S/c1-11-13(15-8-4-6-12-5-2-3-7-14(12)15)9-10-16-17(11)18(21)19(22)20-25(16,23)24/h2-10,20-22H,1H3. The van der Waals surface area contributed by atoms with Gasteiger partial charge in [0.1, 0.15) is 0 Å². The normalized spacial score (nSPS) is 15.7. The zero-order valence-corrected chi connectivity index (χ0v) is 14.1. The molecule has 6 heteroatoms. The molecule has 4 rings (SSSR count). The summed E-state index contributed by atoms with van der Waals surface area (Å²) >= 11 is 0. The Hall–Kier alpha value is -2.99. The minimum Gasteiger partial charge on any atom is -0.503 e. The summed E-state index contributed by atoms with van der Waals surface area (Å²) < 4.78 is 26.4. The van der Waals surface area contributed by atoms with Gasteiger partial charge < -0.3 is 10.2 Å². The van der Waals surface area contributed by atoms with E-state index in [9.17, 15) is 18.6 Å². The minimum absolute atomic E-state index is 0.0516. The number of rotatable bonds is 1. The summed E-state index contributed by atoms with van der Waals surface area (Å²) in [7, 11) is -3.91. The highest BCUT2D eigenvalue weighted by molar-refractivity contribution is 7.89. The molecule has 1 aliphatic rings. The molecule has 5 nitrogen and oxygen atoms in total. The van der Waals surface area contributed by atoms with Crippen LogP contribution in [0.1, 0.15) is 11.1 Å². The molecule has 0 bridgehead atoms. The van der Waals surface area contributed by atoms with Crippen LogP contribution in [0.15, 0.2) is 65.4 Å². The first-order valence-electron chi connectivity index (χ1n) is 7.67. The quantitative estimate of drug-likeness (QED) is 0.620. The lowest BCUT2D eigenvalue weighted by Gasteiger charge is -2.22. The van der Waals surface area contributed by atoms with E-state index in [2.05, 4.69) is 0 Å². The van der Waals surface area contributed by atoms with Crippen molar-refractivity contribution in [2.75, 3.05) is 0 Å². The van der Waals surface area contributed by atoms with Gasteiger partial charge in [0, 0.05) is 5.56 Å². The summed E-state index contributed by atoms with van der Waals surface area (Å²) in [5.41, 5.74) is 2.44. The van der Waals surface area contributed by atoms with E-state index < -0.39 is 21.7 Å². The summed E-state index contributed by atoms with van der Waals surface area (Å²) in [6, 6.07) is 17.0. The number of benzene rings is 3. The zero-order valence-electron chi connectivity index (χ0n) is 13.3. The van der Waals surface area contributed by atoms with E-state index in [0.717, 1.165) is 21.9 Å². The van der Waals surface area contributed by atoms with Gasteiger partial charge in [-0.05, 0) is 40.5 Å². The molecule has 0 radical (unpaired) electrons. The Labute approximate surface area is 144 Å². The second kappa shape index (κ2) is 5.26. The summed E-state index contributed by atoms with van der Waals surface area (Å²) in [6.45, 7) is 1.74. The highest BCUT2D eigenvalue weighted by Crippen LogP contribution is 2.38. The summed E-state index contributed by atoms with van der Waals surface area (Å²) in [4.78, 5) is -0.0516. The summed E-state index contributed by atoms with van der Waals surface area (Å²) in [5, 5.41) is 22.1. The second-order valence-corrected chi connectivity index (χ2v) is 7.59. The van der Waals surface area contributed by atoms with Crippen molar-refractivity contribution in [1.29, 1.82) is 0 Å². The van der Waals surface area contributed by atoms with E-state index in [0.29, 0.717) is 5.56 Å². The van der Waals surface area contributed by atoms with Crippen LogP contribution < -0.4 is 4.72 Å². The molecule has 0 unspecified atom stereocenters. The SMILES string of the molecule is Cc1c(-c2cccc3ccccc23)ccc2c1C(O)=C(O)NS2(=O)=O. The largest absolute Gasteiger partial charge is 0.503 e. The monoisotopic (exact) mass is 353 g/mol. The van der Waals surface area contributed by atoms with Crippen LogP contribution in [-0.2, 0) is 10.0 Å². The Morgan fingerprint density at radius 1 is 0.880 bits per heavy atom. The van der Waals surface area contributed by atoms with Crippen LogP contribution >= 0.6 is 0 Å². The number of sulfonamides is 1. The molecule has 0 fully saturated rings. The van der Waals surface area contributed by atoms with Gasteiger partial charge in [-0.2, -0.15) is 0 Å². The lowest BCUT2D eigenvalue weighted by atomic mass is 9.92. The van der Waals surface area contributed by atoms with Crippen LogP contribution in [0.3, 0.4) is 0 Å². The van der Waals surface area contributed by atoms with Crippen molar-refractivity contribution in [3.8, 4) is 11.1 Å². The van der Waals surface area contributed by atoms with E-state index in [1.165, 1.54) is 6.07 Å². The van der Waals surface area contributed by atoms with Crippen molar-refractivity contribution >= 4 is 26.6 Å². The maximum absolute atomic E-state index is 12.2. The van der Waals surface area contributed by atoms with Crippen LogP contribution in [-0.4, -0.2) is 18.6 Å². The van der Waals surface area contributed by atoms with Gasteiger partial charge in [-0.1, -0.05) is 48.5 Å². The van der Waals surface area contributed by atoms with Crippen molar-refractivity contribution in [3.05, 3.63) is 71.6 Å². The topological polar surface area (TPSA) is 86.6 Å². The predicted molar refractivity (Wildman–Crippen MR) is 96.6 cm³/mol. The fourth-order valence-electron chi connectivity index (χ4n) is 3.31. The third-order valence-electron chi connectivity index (χ3n) is 4.49. The average Bonchev–Trinajstić information content (AvgIpc) is 2.59. The number of nitrogens with one attached hydrogen (secondary N) is 1. The van der Waals surface area contributed by atoms with Crippen molar-refractivity contribution < 1.29 is 18.6 Å². The van der Waals surface area contributed by atoms with Crippen LogP contribution in [0.2, 0.25) is 0 Å². The second-order valence-electron chi connectivity index (χ2n) is 5.94. The maximum atomic E-state index is 12.2. The predicted octanol–water partition coefficient (Wildman–Crippen LogP) is 3.85. The average molecular weight is 353 g/mol. The van der Waals surface area contributed by atoms with Gasteiger partial charge in [0.15, 0.2) is 5.76 Å². The molecule has 0 aliphatic carbocycles. The zero-order chi connectivity index (χ0) is 17.8. The molecule has 25 heavy (non-hydrogen) atoms. The maximum Gasteiger partial charge on any atom is 0.265 e. The van der Waals surface area contributed by atoms with E-state index in [1.807, 2.05) is 47.2 Å². The van der Waals surface area contributed by atoms with E-state index in [4.69, 9.17) is 0 Å². The minimum atomic E-state index is -3.91. The molecule has 0 saturated carbocycles. The molecule has 0 atom stereocenters. The molecular formula is C19H15NO4S. The third kappa shape index (κ3) is 2.26. The Morgan fingerprint density at radius 2 is 1.60 bits per heavy atom. The van der Waals surface area contributed by atoms with Crippen molar-refractivity contribution in [2.45, 2.75) is 11.8 Å². The summed E-state index contributed by atoms with van der Waals surface area (Å²) in [6.07, 6.45) is 0. The fraction of sp³-hybridized carbons (Fsp3) is 0.0526. The number of aliphatic hydroxyl groups is 2. The lowest BCUT2D eigenvalue weighted by Crippen LogP contribution is -2.29. The van der Waals surface area contributed by atoms with Crippen LogP contribution in [0, 0.1) is 6.92 Å². The molecule has 1 aliphatic heterocycles. The van der Waals surface area contributed by atoms with Crippen LogP contribution in [0.4, 0.5) is 0 Å². The summed E-state index contributed by atoms with van der Waals surface area (Å²) in [5.74, 6) is -1.23. The highest BCUT2D eigenvalue weighted by Gasteiger charge is 2.31. The molecule has 3 aromatic carbocycles. The first-order valence-corrected chi connectivity index (χ1v) is 9.15. The number of hydrogen-bond acceptors (Lipinski definition) is 4. The first-order chi connectivity index (χ1) is 11.9. The molecule has 126 valence electrons. The van der Waals surface area contributed by atoms with Gasteiger partial charge in [-0.25, -0.2) is 13.1 Å². The first kappa shape index (κ1) is 15.5. The molecule has 0 saturated heterocycles. The lowest BCUT2D eigenvalue weighted by molar-refractivity contribution is 0.357. The van der Waals surface area contributed by atoms with Crippen LogP contribution in [0.5, 0.6) is 0 Å².